The number of hydrogen-bond donors (Lipinski definition) is 1. The van der Waals surface area contributed by atoms with Gasteiger partial charge in [0.1, 0.15) is 10.1 Å². The lowest BCUT2D eigenvalue weighted by Gasteiger charge is -2.15. The Hall–Kier alpha value is -1.34. The monoisotopic (exact) mass is 326 g/mol. The van der Waals surface area contributed by atoms with Crippen molar-refractivity contribution in [1.29, 1.82) is 0 Å². The van der Waals surface area contributed by atoms with Crippen LogP contribution in [0.2, 0.25) is 0 Å². The summed E-state index contributed by atoms with van der Waals surface area (Å²) < 4.78 is 5.22. The van der Waals surface area contributed by atoms with Crippen LogP contribution in [0.4, 0.5) is 0 Å². The molecule has 0 bridgehead atoms. The quantitative estimate of drug-likeness (QED) is 0.519. The van der Waals surface area contributed by atoms with Gasteiger partial charge in [0, 0.05) is 4.88 Å². The number of nitrogens with one attached hydrogen (secondary N) is 1. The predicted molar refractivity (Wildman–Crippen MR) is 86.1 cm³/mol. The summed E-state index contributed by atoms with van der Waals surface area (Å²) in [5, 5.41) is 0.690. The average Bonchev–Trinajstić information content (AvgIpc) is 2.76. The summed E-state index contributed by atoms with van der Waals surface area (Å²) in [5.41, 5.74) is -0.168. The van der Waals surface area contributed by atoms with E-state index in [0.717, 1.165) is 4.88 Å². The maximum absolute atomic E-state index is 12.0. The number of thiophene rings is 1. The Morgan fingerprint density at radius 3 is 2.86 bits per heavy atom. The molecule has 0 spiro atoms. The fourth-order valence-corrected chi connectivity index (χ4v) is 3.65. The Kier molecular flexibility index (Phi) is 5.05. The number of ether oxygens (including phenoxy) is 1. The van der Waals surface area contributed by atoms with Gasteiger partial charge in [0.15, 0.2) is 5.16 Å². The summed E-state index contributed by atoms with van der Waals surface area (Å²) >= 11 is 2.72. The number of aromatic amines is 1. The van der Waals surface area contributed by atoms with Gasteiger partial charge in [-0.25, -0.2) is 4.98 Å². The molecule has 2 rings (SSSR count). The Morgan fingerprint density at radius 2 is 2.24 bits per heavy atom. The first-order valence-corrected chi connectivity index (χ1v) is 8.48. The molecule has 2 aromatic rings. The third kappa shape index (κ3) is 3.85. The second-order valence-electron chi connectivity index (χ2n) is 4.95. The molecule has 21 heavy (non-hydrogen) atoms. The van der Waals surface area contributed by atoms with Gasteiger partial charge in [0.05, 0.1) is 11.5 Å². The summed E-state index contributed by atoms with van der Waals surface area (Å²) in [7, 11) is 0. The highest BCUT2D eigenvalue weighted by Gasteiger charge is 2.22. The van der Waals surface area contributed by atoms with Crippen molar-refractivity contribution < 1.29 is 9.53 Å². The Balaban J connectivity index is 2.25. The Morgan fingerprint density at radius 1 is 1.52 bits per heavy atom. The number of carbonyl (C=O) groups excluding carboxylic acids is 1. The normalized spacial score (nSPS) is 12.8. The molecule has 0 aliphatic rings. The van der Waals surface area contributed by atoms with Crippen LogP contribution < -0.4 is 5.56 Å². The number of nitrogens with zero attached hydrogens (tertiary/aromatic N) is 1. The highest BCUT2D eigenvalue weighted by Crippen LogP contribution is 2.26. The van der Waals surface area contributed by atoms with E-state index in [2.05, 4.69) is 9.97 Å². The SMILES string of the molecule is CCC(Sc1nc2sc(C)cc2c(=O)[nH]1)C(=O)OC(C)C. The minimum atomic E-state index is -0.367. The lowest BCUT2D eigenvalue weighted by atomic mass is 10.3. The number of fused-ring (bicyclic) bond motifs is 1. The van der Waals surface area contributed by atoms with Gasteiger partial charge in [-0.3, -0.25) is 9.59 Å². The molecular formula is C14H18N2O3S2. The largest absolute Gasteiger partial charge is 0.462 e. The number of rotatable bonds is 5. The number of aromatic nitrogens is 2. The minimum Gasteiger partial charge on any atom is -0.462 e. The first kappa shape index (κ1) is 16.0. The van der Waals surface area contributed by atoms with Crippen molar-refractivity contribution in [2.24, 2.45) is 0 Å². The smallest absolute Gasteiger partial charge is 0.319 e. The van der Waals surface area contributed by atoms with E-state index < -0.39 is 0 Å². The topological polar surface area (TPSA) is 72.0 Å². The Bertz CT molecular complexity index is 706. The molecule has 2 heterocycles. The van der Waals surface area contributed by atoms with E-state index in [9.17, 15) is 9.59 Å². The molecule has 1 N–H and O–H groups in total. The van der Waals surface area contributed by atoms with Crippen LogP contribution in [-0.4, -0.2) is 27.3 Å². The van der Waals surface area contributed by atoms with E-state index in [-0.39, 0.29) is 22.9 Å². The van der Waals surface area contributed by atoms with Gasteiger partial charge in [-0.15, -0.1) is 11.3 Å². The molecule has 0 aromatic carbocycles. The van der Waals surface area contributed by atoms with Gasteiger partial charge in [0.2, 0.25) is 0 Å². The third-order valence-electron chi connectivity index (χ3n) is 2.74. The zero-order chi connectivity index (χ0) is 15.6. The third-order valence-corrected chi connectivity index (χ3v) is 4.91. The van der Waals surface area contributed by atoms with Crippen molar-refractivity contribution >= 4 is 39.3 Å². The van der Waals surface area contributed by atoms with Gasteiger partial charge in [-0.2, -0.15) is 0 Å². The summed E-state index contributed by atoms with van der Waals surface area (Å²) in [6.45, 7) is 7.48. The van der Waals surface area contributed by atoms with Crippen LogP contribution >= 0.6 is 23.1 Å². The van der Waals surface area contributed by atoms with Crippen molar-refractivity contribution in [2.75, 3.05) is 0 Å². The van der Waals surface area contributed by atoms with Crippen molar-refractivity contribution in [3.63, 3.8) is 0 Å². The van der Waals surface area contributed by atoms with Crippen LogP contribution in [0.25, 0.3) is 10.2 Å². The minimum absolute atomic E-state index is 0.151. The standard InChI is InChI=1S/C14H18N2O3S2/c1-5-10(13(18)19-7(2)3)21-14-15-11(17)9-6-8(4)20-12(9)16-14/h6-7,10H,5H2,1-4H3,(H,15,16,17). The first-order valence-electron chi connectivity index (χ1n) is 6.78. The molecule has 0 aliphatic carbocycles. The molecule has 0 saturated heterocycles. The molecule has 1 atom stereocenters. The molecule has 0 radical (unpaired) electrons. The number of thioether (sulfide) groups is 1. The highest BCUT2D eigenvalue weighted by atomic mass is 32.2. The molecule has 5 nitrogen and oxygen atoms in total. The first-order chi connectivity index (χ1) is 9.90. The lowest BCUT2D eigenvalue weighted by Crippen LogP contribution is -2.23. The van der Waals surface area contributed by atoms with Crippen molar-refractivity contribution in [3.8, 4) is 0 Å². The van der Waals surface area contributed by atoms with Crippen LogP contribution in [0.15, 0.2) is 16.0 Å². The lowest BCUT2D eigenvalue weighted by molar-refractivity contribution is -0.146. The van der Waals surface area contributed by atoms with E-state index in [1.165, 1.54) is 23.1 Å². The maximum atomic E-state index is 12.0. The van der Waals surface area contributed by atoms with Crippen molar-refractivity contribution in [1.82, 2.24) is 9.97 Å². The fourth-order valence-electron chi connectivity index (χ4n) is 1.83. The van der Waals surface area contributed by atoms with Crippen LogP contribution in [0, 0.1) is 6.92 Å². The highest BCUT2D eigenvalue weighted by molar-refractivity contribution is 8.00. The maximum Gasteiger partial charge on any atom is 0.319 e. The molecule has 0 aliphatic heterocycles. The van der Waals surface area contributed by atoms with Gasteiger partial charge in [-0.05, 0) is 33.3 Å². The van der Waals surface area contributed by atoms with Crippen molar-refractivity contribution in [2.45, 2.75) is 50.6 Å². The van der Waals surface area contributed by atoms with E-state index in [1.54, 1.807) is 0 Å². The summed E-state index contributed by atoms with van der Waals surface area (Å²) in [6, 6.07) is 1.82. The van der Waals surface area contributed by atoms with Crippen LogP contribution in [0.1, 0.15) is 32.1 Å². The predicted octanol–water partition coefficient (Wildman–Crippen LogP) is 3.12. The van der Waals surface area contributed by atoms with Gasteiger partial charge in [0.25, 0.3) is 5.56 Å². The zero-order valence-electron chi connectivity index (χ0n) is 12.4. The van der Waals surface area contributed by atoms with Crippen molar-refractivity contribution in [3.05, 3.63) is 21.3 Å². The van der Waals surface area contributed by atoms with E-state index in [1.807, 2.05) is 33.8 Å². The molecule has 2 aromatic heterocycles. The summed E-state index contributed by atoms with van der Waals surface area (Å²) in [5.74, 6) is -0.275. The number of H-pyrrole nitrogens is 1. The molecule has 114 valence electrons. The second kappa shape index (κ2) is 6.62. The van der Waals surface area contributed by atoms with E-state index in [0.29, 0.717) is 21.8 Å². The molecule has 0 fully saturated rings. The van der Waals surface area contributed by atoms with Gasteiger partial charge >= 0.3 is 5.97 Å². The van der Waals surface area contributed by atoms with Crippen LogP contribution in [-0.2, 0) is 9.53 Å². The molecular weight excluding hydrogens is 308 g/mol. The number of hydrogen-bond acceptors (Lipinski definition) is 6. The second-order valence-corrected chi connectivity index (χ2v) is 7.37. The molecule has 1 unspecified atom stereocenters. The Labute approximate surface area is 131 Å². The fraction of sp³-hybridized carbons (Fsp3) is 0.500. The molecule has 7 heteroatoms. The summed E-state index contributed by atoms with van der Waals surface area (Å²) in [4.78, 5) is 32.9. The molecule has 0 amide bonds. The van der Waals surface area contributed by atoms with Crippen LogP contribution in [0.5, 0.6) is 0 Å². The average molecular weight is 326 g/mol. The van der Waals surface area contributed by atoms with E-state index >= 15 is 0 Å². The number of carbonyl (C=O) groups is 1. The van der Waals surface area contributed by atoms with E-state index in [4.69, 9.17) is 4.74 Å². The van der Waals surface area contributed by atoms with Gasteiger partial charge in [-0.1, -0.05) is 18.7 Å². The number of aryl methyl sites for hydroxylation is 1. The molecule has 0 saturated carbocycles. The summed E-state index contributed by atoms with van der Waals surface area (Å²) in [6.07, 6.45) is 0.461. The zero-order valence-corrected chi connectivity index (χ0v) is 14.1. The van der Waals surface area contributed by atoms with Crippen LogP contribution in [0.3, 0.4) is 0 Å². The van der Waals surface area contributed by atoms with Gasteiger partial charge < -0.3 is 9.72 Å². The number of esters is 1.